The number of aromatic nitrogens is 2. The van der Waals surface area contributed by atoms with Gasteiger partial charge in [0.2, 0.25) is 5.91 Å². The number of rotatable bonds is 4. The lowest BCUT2D eigenvalue weighted by atomic mass is 10.2. The third-order valence-electron chi connectivity index (χ3n) is 4.04. The van der Waals surface area contributed by atoms with Crippen molar-refractivity contribution < 1.29 is 9.21 Å². The Morgan fingerprint density at radius 2 is 2.18 bits per heavy atom. The van der Waals surface area contributed by atoms with Crippen LogP contribution in [0.5, 0.6) is 0 Å². The maximum atomic E-state index is 12.3. The van der Waals surface area contributed by atoms with Crippen molar-refractivity contribution in [3.8, 4) is 0 Å². The lowest BCUT2D eigenvalue weighted by Gasteiger charge is -2.21. The van der Waals surface area contributed by atoms with Gasteiger partial charge in [0, 0.05) is 51.5 Å². The van der Waals surface area contributed by atoms with Gasteiger partial charge < -0.3 is 9.32 Å². The predicted octanol–water partition coefficient (Wildman–Crippen LogP) is 1.29. The molecule has 1 amide bonds. The number of aryl methyl sites for hydroxylation is 1. The molecule has 0 unspecified atom stereocenters. The summed E-state index contributed by atoms with van der Waals surface area (Å²) in [5.41, 5.74) is 2.17. The van der Waals surface area contributed by atoms with Crippen LogP contribution < -0.4 is 0 Å². The van der Waals surface area contributed by atoms with Crippen LogP contribution in [-0.4, -0.2) is 51.7 Å². The Kier molecular flexibility index (Phi) is 4.58. The Hall–Kier alpha value is -2.08. The zero-order chi connectivity index (χ0) is 15.4. The van der Waals surface area contributed by atoms with Crippen LogP contribution >= 0.6 is 0 Å². The van der Waals surface area contributed by atoms with Crippen molar-refractivity contribution in [3.05, 3.63) is 42.1 Å². The van der Waals surface area contributed by atoms with Crippen LogP contribution in [0.4, 0.5) is 0 Å². The van der Waals surface area contributed by atoms with Crippen LogP contribution in [0.2, 0.25) is 0 Å². The van der Waals surface area contributed by atoms with Crippen molar-refractivity contribution in [1.82, 2.24) is 19.6 Å². The molecule has 1 saturated heterocycles. The van der Waals surface area contributed by atoms with Gasteiger partial charge in [0.25, 0.3) is 0 Å². The van der Waals surface area contributed by atoms with Crippen LogP contribution in [0.25, 0.3) is 0 Å². The number of amides is 1. The Balaban J connectivity index is 1.52. The number of carbonyl (C=O) groups is 1. The SMILES string of the molecule is Cn1cc(CN2CCCN(C(=O)Cc3ccoc3)CC2)cn1. The van der Waals surface area contributed by atoms with Gasteiger partial charge in [-0.25, -0.2) is 0 Å². The quantitative estimate of drug-likeness (QED) is 0.854. The van der Waals surface area contributed by atoms with Crippen molar-refractivity contribution in [2.75, 3.05) is 26.2 Å². The minimum atomic E-state index is 0.185. The zero-order valence-electron chi connectivity index (χ0n) is 12.9. The molecule has 0 N–H and O–H groups in total. The lowest BCUT2D eigenvalue weighted by Crippen LogP contribution is -2.35. The maximum Gasteiger partial charge on any atom is 0.227 e. The second-order valence-electron chi connectivity index (χ2n) is 5.84. The Morgan fingerprint density at radius 1 is 1.27 bits per heavy atom. The molecule has 3 rings (SSSR count). The summed E-state index contributed by atoms with van der Waals surface area (Å²) < 4.78 is 6.85. The minimum absolute atomic E-state index is 0.185. The van der Waals surface area contributed by atoms with Crippen molar-refractivity contribution in [2.45, 2.75) is 19.4 Å². The van der Waals surface area contributed by atoms with E-state index in [1.165, 1.54) is 5.56 Å². The van der Waals surface area contributed by atoms with Crippen LogP contribution in [-0.2, 0) is 24.8 Å². The van der Waals surface area contributed by atoms with Crippen LogP contribution in [0.3, 0.4) is 0 Å². The molecular weight excluding hydrogens is 280 g/mol. The largest absolute Gasteiger partial charge is 0.472 e. The summed E-state index contributed by atoms with van der Waals surface area (Å²) in [6, 6.07) is 1.85. The van der Waals surface area contributed by atoms with E-state index < -0.39 is 0 Å². The summed E-state index contributed by atoms with van der Waals surface area (Å²) in [7, 11) is 1.93. The number of nitrogens with zero attached hydrogens (tertiary/aromatic N) is 4. The Bertz CT molecular complexity index is 605. The first kappa shape index (κ1) is 14.8. The van der Waals surface area contributed by atoms with E-state index in [9.17, 15) is 4.79 Å². The molecule has 0 aromatic carbocycles. The summed E-state index contributed by atoms with van der Waals surface area (Å²) in [5.74, 6) is 0.185. The monoisotopic (exact) mass is 302 g/mol. The van der Waals surface area contributed by atoms with Crippen LogP contribution in [0.1, 0.15) is 17.5 Å². The molecule has 0 radical (unpaired) electrons. The molecule has 3 heterocycles. The van der Waals surface area contributed by atoms with Gasteiger partial charge in [-0.1, -0.05) is 0 Å². The molecule has 1 fully saturated rings. The molecule has 0 aliphatic carbocycles. The number of hydrogen-bond donors (Lipinski definition) is 0. The Labute approximate surface area is 130 Å². The molecule has 0 spiro atoms. The predicted molar refractivity (Wildman–Crippen MR) is 82.1 cm³/mol. The molecule has 0 bridgehead atoms. The van der Waals surface area contributed by atoms with E-state index in [0.29, 0.717) is 6.42 Å². The molecule has 0 saturated carbocycles. The van der Waals surface area contributed by atoms with E-state index in [2.05, 4.69) is 10.00 Å². The average molecular weight is 302 g/mol. The molecule has 22 heavy (non-hydrogen) atoms. The van der Waals surface area contributed by atoms with E-state index in [0.717, 1.165) is 44.7 Å². The van der Waals surface area contributed by atoms with E-state index in [1.807, 2.05) is 35.1 Å². The van der Waals surface area contributed by atoms with E-state index in [1.54, 1.807) is 12.5 Å². The third-order valence-corrected chi connectivity index (χ3v) is 4.04. The van der Waals surface area contributed by atoms with Gasteiger partial charge in [-0.15, -0.1) is 0 Å². The second kappa shape index (κ2) is 6.79. The molecule has 6 nitrogen and oxygen atoms in total. The zero-order valence-corrected chi connectivity index (χ0v) is 12.9. The van der Waals surface area contributed by atoms with Gasteiger partial charge >= 0.3 is 0 Å². The third kappa shape index (κ3) is 3.76. The molecule has 0 atom stereocenters. The Morgan fingerprint density at radius 3 is 2.91 bits per heavy atom. The smallest absolute Gasteiger partial charge is 0.227 e. The highest BCUT2D eigenvalue weighted by Gasteiger charge is 2.19. The molecular formula is C16H22N4O2. The standard InChI is InChI=1S/C16H22N4O2/c1-18-11-15(10-17-18)12-19-4-2-5-20(7-6-19)16(21)9-14-3-8-22-13-14/h3,8,10-11,13H,2,4-7,9,12H2,1H3. The maximum absolute atomic E-state index is 12.3. The lowest BCUT2D eigenvalue weighted by molar-refractivity contribution is -0.130. The van der Waals surface area contributed by atoms with Crippen molar-refractivity contribution >= 4 is 5.91 Å². The van der Waals surface area contributed by atoms with E-state index in [4.69, 9.17) is 4.42 Å². The second-order valence-corrected chi connectivity index (χ2v) is 5.84. The fourth-order valence-electron chi connectivity index (χ4n) is 2.87. The number of carbonyl (C=O) groups excluding carboxylic acids is 1. The van der Waals surface area contributed by atoms with Gasteiger partial charge in [-0.2, -0.15) is 5.10 Å². The first-order chi connectivity index (χ1) is 10.7. The first-order valence-corrected chi connectivity index (χ1v) is 7.69. The van der Waals surface area contributed by atoms with E-state index >= 15 is 0 Å². The summed E-state index contributed by atoms with van der Waals surface area (Å²) >= 11 is 0. The van der Waals surface area contributed by atoms with Gasteiger partial charge in [0.1, 0.15) is 0 Å². The fourth-order valence-corrected chi connectivity index (χ4v) is 2.87. The van der Waals surface area contributed by atoms with Crippen molar-refractivity contribution in [3.63, 3.8) is 0 Å². The highest BCUT2D eigenvalue weighted by molar-refractivity contribution is 5.78. The molecule has 2 aromatic rings. The minimum Gasteiger partial charge on any atom is -0.472 e. The summed E-state index contributed by atoms with van der Waals surface area (Å²) in [4.78, 5) is 16.7. The van der Waals surface area contributed by atoms with Gasteiger partial charge in [-0.05, 0) is 18.1 Å². The van der Waals surface area contributed by atoms with Gasteiger partial charge in [0.15, 0.2) is 0 Å². The van der Waals surface area contributed by atoms with Gasteiger partial charge in [0.05, 0.1) is 25.1 Å². The molecule has 1 aliphatic heterocycles. The topological polar surface area (TPSA) is 54.5 Å². The number of furan rings is 1. The summed E-state index contributed by atoms with van der Waals surface area (Å²) in [6.45, 7) is 4.45. The highest BCUT2D eigenvalue weighted by Crippen LogP contribution is 2.10. The van der Waals surface area contributed by atoms with Crippen LogP contribution in [0, 0.1) is 0 Å². The fraction of sp³-hybridized carbons (Fsp3) is 0.500. The van der Waals surface area contributed by atoms with Crippen molar-refractivity contribution in [2.24, 2.45) is 7.05 Å². The number of hydrogen-bond acceptors (Lipinski definition) is 4. The molecule has 118 valence electrons. The molecule has 1 aliphatic rings. The van der Waals surface area contributed by atoms with E-state index in [-0.39, 0.29) is 5.91 Å². The average Bonchev–Trinajstić information content (AvgIpc) is 3.07. The first-order valence-electron chi connectivity index (χ1n) is 7.69. The van der Waals surface area contributed by atoms with Crippen molar-refractivity contribution in [1.29, 1.82) is 0 Å². The summed E-state index contributed by atoms with van der Waals surface area (Å²) in [5, 5.41) is 4.21. The molecule has 6 heteroatoms. The highest BCUT2D eigenvalue weighted by atomic mass is 16.3. The molecule has 2 aromatic heterocycles. The normalized spacial score (nSPS) is 16.7. The van der Waals surface area contributed by atoms with Gasteiger partial charge in [-0.3, -0.25) is 14.4 Å². The summed E-state index contributed by atoms with van der Waals surface area (Å²) in [6.07, 6.45) is 8.65. The van der Waals surface area contributed by atoms with Crippen LogP contribution in [0.15, 0.2) is 35.4 Å².